The molecule has 34 heavy (non-hydrogen) atoms. The highest BCUT2D eigenvalue weighted by atomic mass is 28.4. The Balaban J connectivity index is 2.31. The smallest absolute Gasteiger partial charge is 0.420 e. The average molecular weight is 501 g/mol. The largest absolute Gasteiger partial charge is 0.497 e. The zero-order chi connectivity index (χ0) is 25.7. The second-order valence-corrected chi connectivity index (χ2v) is 13.2. The van der Waals surface area contributed by atoms with Crippen molar-refractivity contribution in [1.29, 1.82) is 0 Å². The van der Waals surface area contributed by atoms with Gasteiger partial charge in [-0.25, -0.2) is 4.79 Å². The quantitative estimate of drug-likeness (QED) is 0.306. The highest BCUT2D eigenvalue weighted by molar-refractivity contribution is 6.69. The summed E-state index contributed by atoms with van der Waals surface area (Å²) in [6.45, 7) is 5.99. The molecule has 0 unspecified atom stereocenters. The molecule has 188 valence electrons. The number of hydrogen-bond donors (Lipinski definition) is 0. The highest BCUT2D eigenvalue weighted by Crippen LogP contribution is 2.45. The minimum absolute atomic E-state index is 0.0340. The summed E-state index contributed by atoms with van der Waals surface area (Å²) in [6, 6.07) is 8.89. The zero-order valence-corrected chi connectivity index (χ0v) is 21.5. The molecule has 0 aromatic heterocycles. The van der Waals surface area contributed by atoms with E-state index in [1.165, 1.54) is 51.7 Å². The first-order valence-electron chi connectivity index (χ1n) is 10.6. The minimum Gasteiger partial charge on any atom is -0.497 e. The molecule has 0 aliphatic rings. The second kappa shape index (κ2) is 10.7. The van der Waals surface area contributed by atoms with E-state index in [2.05, 4.69) is 0 Å². The van der Waals surface area contributed by atoms with E-state index < -0.39 is 26.1 Å². The molecule has 6 nitrogen and oxygen atoms in total. The number of benzene rings is 2. The van der Waals surface area contributed by atoms with Gasteiger partial charge >= 0.3 is 12.1 Å². The molecule has 0 fully saturated rings. The Morgan fingerprint density at radius 2 is 1.56 bits per heavy atom. The molecule has 0 saturated heterocycles. The molecule has 2 aromatic rings. The lowest BCUT2D eigenvalue weighted by Crippen LogP contribution is -2.49. The van der Waals surface area contributed by atoms with E-state index in [-0.39, 0.29) is 24.2 Å². The molecule has 0 amide bonds. The molecule has 2 rings (SSSR count). The molecular weight excluding hydrogens is 469 g/mol. The summed E-state index contributed by atoms with van der Waals surface area (Å²) >= 11 is 0. The highest BCUT2D eigenvalue weighted by Gasteiger charge is 2.56. The number of carbonyl (C=O) groups is 1. The molecular formula is C24H31F3O6Si. The molecule has 0 saturated carbocycles. The van der Waals surface area contributed by atoms with Gasteiger partial charge in [0.05, 0.1) is 33.5 Å². The van der Waals surface area contributed by atoms with Crippen LogP contribution in [-0.4, -0.2) is 48.4 Å². The summed E-state index contributed by atoms with van der Waals surface area (Å²) in [7, 11) is 1.75. The van der Waals surface area contributed by atoms with Gasteiger partial charge in [-0.1, -0.05) is 6.07 Å². The van der Waals surface area contributed by atoms with Crippen LogP contribution >= 0.6 is 0 Å². The normalized spacial score (nSPS) is 13.7. The number of carbonyl (C=O) groups excluding carboxylic acids is 1. The fourth-order valence-electron chi connectivity index (χ4n) is 3.55. The summed E-state index contributed by atoms with van der Waals surface area (Å²) in [5.74, 6) is 0.565. The van der Waals surface area contributed by atoms with Crippen molar-refractivity contribution in [1.82, 2.24) is 0 Å². The Morgan fingerprint density at radius 1 is 0.912 bits per heavy atom. The van der Waals surface area contributed by atoms with Gasteiger partial charge in [-0.05, 0) is 68.0 Å². The van der Waals surface area contributed by atoms with Gasteiger partial charge in [0.25, 0.3) is 0 Å². The number of halogens is 3. The SMILES string of the molecule is COc1ccc([C@](C)(O[Si](C)(C)C)C(F)(F)F)c(CCOC(=O)c2ccc(OC)c(OC)c2)c1. The van der Waals surface area contributed by atoms with Crippen LogP contribution < -0.4 is 14.2 Å². The van der Waals surface area contributed by atoms with E-state index in [0.717, 1.165) is 6.92 Å². The van der Waals surface area contributed by atoms with E-state index in [9.17, 15) is 18.0 Å². The fraction of sp³-hybridized carbons (Fsp3) is 0.458. The number of methoxy groups -OCH3 is 3. The van der Waals surface area contributed by atoms with Crippen molar-refractivity contribution in [3.05, 3.63) is 53.1 Å². The van der Waals surface area contributed by atoms with Crippen molar-refractivity contribution in [2.24, 2.45) is 0 Å². The monoisotopic (exact) mass is 500 g/mol. The van der Waals surface area contributed by atoms with E-state index in [0.29, 0.717) is 22.8 Å². The Bertz CT molecular complexity index is 1000. The van der Waals surface area contributed by atoms with Gasteiger partial charge in [-0.3, -0.25) is 0 Å². The maximum absolute atomic E-state index is 14.2. The third kappa shape index (κ3) is 6.44. The fourth-order valence-corrected chi connectivity index (χ4v) is 5.00. The lowest BCUT2D eigenvalue weighted by atomic mass is 9.89. The standard InChI is InChI=1S/C24H31F3O6Si/c1-23(24(25,26)27,33-34(5,6)7)19-10-9-18(29-2)14-16(19)12-13-32-22(28)17-8-11-20(30-3)21(15-17)31-4/h8-11,14-15H,12-13H2,1-7H3/t23-/m0/s1. The van der Waals surface area contributed by atoms with Crippen LogP contribution in [0.3, 0.4) is 0 Å². The van der Waals surface area contributed by atoms with Crippen molar-refractivity contribution in [3.8, 4) is 17.2 Å². The summed E-state index contributed by atoms with van der Waals surface area (Å²) in [5.41, 5.74) is -2.01. The minimum atomic E-state index is -4.66. The van der Waals surface area contributed by atoms with E-state index in [1.54, 1.807) is 25.7 Å². The molecule has 0 N–H and O–H groups in total. The van der Waals surface area contributed by atoms with Gasteiger partial charge in [0.15, 0.2) is 25.4 Å². The first-order chi connectivity index (χ1) is 15.8. The molecule has 0 radical (unpaired) electrons. The van der Waals surface area contributed by atoms with Gasteiger partial charge < -0.3 is 23.4 Å². The van der Waals surface area contributed by atoms with Crippen LogP contribution in [0.25, 0.3) is 0 Å². The third-order valence-electron chi connectivity index (χ3n) is 5.10. The third-order valence-corrected chi connectivity index (χ3v) is 6.12. The van der Waals surface area contributed by atoms with E-state index in [4.69, 9.17) is 23.4 Å². The Labute approximate surface area is 199 Å². The number of hydrogen-bond acceptors (Lipinski definition) is 6. The Kier molecular flexibility index (Phi) is 8.65. The van der Waals surface area contributed by atoms with Gasteiger partial charge in [-0.15, -0.1) is 0 Å². The van der Waals surface area contributed by atoms with Gasteiger partial charge in [0, 0.05) is 6.42 Å². The van der Waals surface area contributed by atoms with Crippen molar-refractivity contribution < 1.29 is 41.3 Å². The van der Waals surface area contributed by atoms with Crippen molar-refractivity contribution in [3.63, 3.8) is 0 Å². The predicted molar refractivity (Wildman–Crippen MR) is 124 cm³/mol. The van der Waals surface area contributed by atoms with E-state index in [1.807, 2.05) is 0 Å². The Morgan fingerprint density at radius 3 is 2.09 bits per heavy atom. The molecule has 10 heteroatoms. The summed E-state index contributed by atoms with van der Waals surface area (Å²) in [5, 5.41) is 0. The molecule has 0 bridgehead atoms. The Hall–Kier alpha value is -2.72. The maximum atomic E-state index is 14.2. The van der Waals surface area contributed by atoms with Crippen LogP contribution in [0.1, 0.15) is 28.4 Å². The van der Waals surface area contributed by atoms with Crippen LogP contribution in [0.5, 0.6) is 17.2 Å². The molecule has 1 atom stereocenters. The first kappa shape index (κ1) is 27.5. The summed E-state index contributed by atoms with van der Waals surface area (Å²) in [6.07, 6.45) is -4.63. The van der Waals surface area contributed by atoms with Crippen LogP contribution in [0.4, 0.5) is 13.2 Å². The number of esters is 1. The van der Waals surface area contributed by atoms with Crippen molar-refractivity contribution >= 4 is 14.3 Å². The molecule has 0 spiro atoms. The topological polar surface area (TPSA) is 63.2 Å². The van der Waals surface area contributed by atoms with Crippen LogP contribution in [0, 0.1) is 0 Å². The average Bonchev–Trinajstić information content (AvgIpc) is 2.76. The number of alkyl halides is 3. The van der Waals surface area contributed by atoms with Gasteiger partial charge in [-0.2, -0.15) is 13.2 Å². The lowest BCUT2D eigenvalue weighted by Gasteiger charge is -2.39. The first-order valence-corrected chi connectivity index (χ1v) is 14.0. The number of ether oxygens (including phenoxy) is 4. The van der Waals surface area contributed by atoms with Crippen LogP contribution in [-0.2, 0) is 21.2 Å². The zero-order valence-electron chi connectivity index (χ0n) is 20.5. The van der Waals surface area contributed by atoms with Crippen molar-refractivity contribution in [2.45, 2.75) is 44.8 Å². The van der Waals surface area contributed by atoms with Gasteiger partial charge in [0.2, 0.25) is 0 Å². The number of rotatable bonds is 10. The summed E-state index contributed by atoms with van der Waals surface area (Å²) in [4.78, 5) is 12.5. The molecule has 0 heterocycles. The summed E-state index contributed by atoms with van der Waals surface area (Å²) < 4.78 is 69.3. The van der Waals surface area contributed by atoms with Crippen molar-refractivity contribution in [2.75, 3.05) is 27.9 Å². The van der Waals surface area contributed by atoms with Crippen LogP contribution in [0.2, 0.25) is 19.6 Å². The van der Waals surface area contributed by atoms with Crippen LogP contribution in [0.15, 0.2) is 36.4 Å². The van der Waals surface area contributed by atoms with E-state index >= 15 is 0 Å². The lowest BCUT2D eigenvalue weighted by molar-refractivity contribution is -0.251. The maximum Gasteiger partial charge on any atom is 0.420 e. The predicted octanol–water partition coefficient (Wildman–Crippen LogP) is 5.74. The molecule has 2 aromatic carbocycles. The molecule has 0 aliphatic carbocycles. The molecule has 0 aliphatic heterocycles. The second-order valence-electron chi connectivity index (χ2n) is 8.72. The van der Waals surface area contributed by atoms with Gasteiger partial charge in [0.1, 0.15) is 5.75 Å².